The summed E-state index contributed by atoms with van der Waals surface area (Å²) < 4.78 is 0. The Morgan fingerprint density at radius 1 is 1.21 bits per heavy atom. The molecule has 0 saturated heterocycles. The van der Waals surface area contributed by atoms with E-state index >= 15 is 0 Å². The molecule has 0 aromatic rings. The van der Waals surface area contributed by atoms with Gasteiger partial charge in [-0.25, -0.2) is 4.79 Å². The minimum Gasteiger partial charge on any atom is -0.480 e. The van der Waals surface area contributed by atoms with Crippen molar-refractivity contribution >= 4 is 29.6 Å². The van der Waals surface area contributed by atoms with Crippen molar-refractivity contribution in [3.05, 3.63) is 12.2 Å². The van der Waals surface area contributed by atoms with Gasteiger partial charge < -0.3 is 16.2 Å². The summed E-state index contributed by atoms with van der Waals surface area (Å²) in [6.45, 7) is 6.48. The lowest BCUT2D eigenvalue weighted by atomic mass is 10.1. The van der Waals surface area contributed by atoms with E-state index in [1.165, 1.54) is 6.92 Å². The molecule has 0 spiro atoms. The number of rotatable bonds is 6. The van der Waals surface area contributed by atoms with Gasteiger partial charge in [0.1, 0.15) is 12.1 Å². The molecule has 4 N–H and O–H groups in total. The molecule has 1 heterocycles. The van der Waals surface area contributed by atoms with E-state index in [4.69, 9.17) is 10.8 Å². The Morgan fingerprint density at radius 2 is 1.67 bits per heavy atom. The van der Waals surface area contributed by atoms with E-state index in [-0.39, 0.29) is 11.8 Å². The molecule has 9 heteroatoms. The maximum Gasteiger partial charge on any atom is 0.326 e. The van der Waals surface area contributed by atoms with E-state index < -0.39 is 35.8 Å². The van der Waals surface area contributed by atoms with E-state index in [1.807, 2.05) is 0 Å². The van der Waals surface area contributed by atoms with Gasteiger partial charge >= 0.3 is 5.97 Å². The van der Waals surface area contributed by atoms with Gasteiger partial charge in [-0.1, -0.05) is 20.8 Å². The Bertz CT molecular complexity index is 537. The van der Waals surface area contributed by atoms with E-state index in [0.717, 1.165) is 17.1 Å². The first-order valence-electron chi connectivity index (χ1n) is 7.37. The highest BCUT2D eigenvalue weighted by atomic mass is 16.4. The zero-order valence-electron chi connectivity index (χ0n) is 14.1. The molecule has 0 saturated carbocycles. The fourth-order valence-corrected chi connectivity index (χ4v) is 1.96. The second-order valence-corrected chi connectivity index (χ2v) is 5.47. The Balaban J connectivity index is 0.000000449. The van der Waals surface area contributed by atoms with Crippen molar-refractivity contribution in [3.63, 3.8) is 0 Å². The van der Waals surface area contributed by atoms with Crippen molar-refractivity contribution in [1.29, 1.82) is 0 Å². The number of amides is 4. The van der Waals surface area contributed by atoms with Crippen molar-refractivity contribution in [3.8, 4) is 0 Å². The van der Waals surface area contributed by atoms with Crippen LogP contribution in [0.25, 0.3) is 0 Å². The Labute approximate surface area is 139 Å². The van der Waals surface area contributed by atoms with Crippen molar-refractivity contribution in [2.45, 2.75) is 46.2 Å². The lowest BCUT2D eigenvalue weighted by Gasteiger charge is -2.21. The molecule has 0 radical (unpaired) electrons. The second kappa shape index (κ2) is 9.43. The van der Waals surface area contributed by atoms with Crippen LogP contribution in [0.3, 0.4) is 0 Å². The van der Waals surface area contributed by atoms with Crippen LogP contribution in [0.5, 0.6) is 0 Å². The highest BCUT2D eigenvalue weighted by molar-refractivity contribution is 6.15. The standard InChI is InChI=1S/C8H10N2O3.C7H13NO3/c1-2-5(8(9)13)10-6(11)3-4-7(10)12;1-4(2)6(7(10)11)8-5(3)9/h3-5H,2H2,1H3,(H2,9,13);4,6H,1-3H3,(H,8,9)(H,10,11). The maximum absolute atomic E-state index is 11.1. The van der Waals surface area contributed by atoms with Gasteiger partial charge in [0.25, 0.3) is 11.8 Å². The van der Waals surface area contributed by atoms with Crippen LogP contribution in [-0.4, -0.2) is 51.7 Å². The minimum atomic E-state index is -0.991. The van der Waals surface area contributed by atoms with Crippen molar-refractivity contribution in [2.75, 3.05) is 0 Å². The molecule has 1 aliphatic heterocycles. The highest BCUT2D eigenvalue weighted by Crippen LogP contribution is 2.11. The number of imide groups is 1. The molecule has 2 atom stereocenters. The molecule has 134 valence electrons. The molecule has 0 fully saturated rings. The maximum atomic E-state index is 11.1. The number of carbonyl (C=O) groups excluding carboxylic acids is 4. The summed E-state index contributed by atoms with van der Waals surface area (Å²) in [7, 11) is 0. The Morgan fingerprint density at radius 3 is 1.88 bits per heavy atom. The first kappa shape index (κ1) is 21.3. The highest BCUT2D eigenvalue weighted by Gasteiger charge is 2.33. The Hall–Kier alpha value is -2.71. The van der Waals surface area contributed by atoms with E-state index in [2.05, 4.69) is 5.32 Å². The van der Waals surface area contributed by atoms with Gasteiger partial charge in [0.05, 0.1) is 0 Å². The zero-order chi connectivity index (χ0) is 19.0. The number of nitrogens with zero attached hydrogens (tertiary/aromatic N) is 1. The average Bonchev–Trinajstić information content (AvgIpc) is 2.77. The number of aliphatic carboxylic acids is 1. The Kier molecular flexibility index (Phi) is 8.37. The van der Waals surface area contributed by atoms with Gasteiger partial charge in [-0.05, 0) is 12.3 Å². The molecule has 24 heavy (non-hydrogen) atoms. The van der Waals surface area contributed by atoms with E-state index in [9.17, 15) is 24.0 Å². The van der Waals surface area contributed by atoms with Crippen LogP contribution < -0.4 is 11.1 Å². The molecule has 9 nitrogen and oxygen atoms in total. The topological polar surface area (TPSA) is 147 Å². The number of carboxylic acids is 1. The summed E-state index contributed by atoms with van der Waals surface area (Å²) in [6.07, 6.45) is 2.61. The normalized spacial score (nSPS) is 15.6. The molecule has 1 aliphatic rings. The lowest BCUT2D eigenvalue weighted by molar-refractivity contribution is -0.144. The third kappa shape index (κ3) is 6.19. The van der Waals surface area contributed by atoms with Gasteiger partial charge in [-0.15, -0.1) is 0 Å². The van der Waals surface area contributed by atoms with Gasteiger partial charge in [-0.2, -0.15) is 0 Å². The summed E-state index contributed by atoms with van der Waals surface area (Å²) >= 11 is 0. The molecule has 0 aromatic carbocycles. The SMILES string of the molecule is CC(=O)NC(C(=O)O)C(C)C.CCC(C(N)=O)N1C(=O)C=CC1=O. The summed E-state index contributed by atoms with van der Waals surface area (Å²) in [4.78, 5) is 54.9. The largest absolute Gasteiger partial charge is 0.480 e. The summed E-state index contributed by atoms with van der Waals surface area (Å²) in [6, 6.07) is -1.59. The first-order chi connectivity index (χ1) is 11.0. The molecule has 2 unspecified atom stereocenters. The zero-order valence-corrected chi connectivity index (χ0v) is 14.1. The van der Waals surface area contributed by atoms with Crippen molar-refractivity contribution in [2.24, 2.45) is 11.7 Å². The molecule has 1 rings (SSSR count). The predicted octanol–water partition coefficient (Wildman–Crippen LogP) is -0.593. The number of primary amides is 1. The smallest absolute Gasteiger partial charge is 0.326 e. The van der Waals surface area contributed by atoms with Gasteiger partial charge in [-0.3, -0.25) is 24.1 Å². The molecule has 4 amide bonds. The molecule has 0 aromatic heterocycles. The third-order valence-electron chi connectivity index (χ3n) is 3.16. The molecular weight excluding hydrogens is 318 g/mol. The van der Waals surface area contributed by atoms with Crippen molar-refractivity contribution < 1.29 is 29.1 Å². The minimum absolute atomic E-state index is 0.0867. The third-order valence-corrected chi connectivity index (χ3v) is 3.16. The number of carboxylic acid groups (broad SMARTS) is 1. The number of nitrogens with one attached hydrogen (secondary N) is 1. The predicted molar refractivity (Wildman–Crippen MR) is 84.3 cm³/mol. The molecule has 0 bridgehead atoms. The van der Waals surface area contributed by atoms with Crippen LogP contribution in [-0.2, 0) is 24.0 Å². The monoisotopic (exact) mass is 341 g/mol. The van der Waals surface area contributed by atoms with Crippen molar-refractivity contribution in [1.82, 2.24) is 10.2 Å². The van der Waals surface area contributed by atoms with Gasteiger partial charge in [0.2, 0.25) is 11.8 Å². The summed E-state index contributed by atoms with van der Waals surface area (Å²) in [5.74, 6) is -3.00. The van der Waals surface area contributed by atoms with Gasteiger partial charge in [0, 0.05) is 19.1 Å². The fourth-order valence-electron chi connectivity index (χ4n) is 1.96. The summed E-state index contributed by atoms with van der Waals surface area (Å²) in [5.41, 5.74) is 5.04. The average molecular weight is 341 g/mol. The van der Waals surface area contributed by atoms with Gasteiger partial charge in [0.15, 0.2) is 0 Å². The number of nitrogens with two attached hydrogens (primary N) is 1. The van der Waals surface area contributed by atoms with Crippen LogP contribution >= 0.6 is 0 Å². The van der Waals surface area contributed by atoms with Crippen LogP contribution in [0.2, 0.25) is 0 Å². The van der Waals surface area contributed by atoms with E-state index in [1.54, 1.807) is 20.8 Å². The second-order valence-electron chi connectivity index (χ2n) is 5.47. The van der Waals surface area contributed by atoms with Crippen LogP contribution in [0, 0.1) is 5.92 Å². The number of hydrogen-bond donors (Lipinski definition) is 3. The van der Waals surface area contributed by atoms with Crippen LogP contribution in [0.4, 0.5) is 0 Å². The summed E-state index contributed by atoms with van der Waals surface area (Å²) in [5, 5.41) is 10.9. The molecule has 0 aliphatic carbocycles. The number of hydrogen-bond acceptors (Lipinski definition) is 5. The van der Waals surface area contributed by atoms with Crippen LogP contribution in [0.1, 0.15) is 34.1 Å². The molecular formula is C15H23N3O6. The number of carbonyl (C=O) groups is 5. The first-order valence-corrected chi connectivity index (χ1v) is 7.37. The fraction of sp³-hybridized carbons (Fsp3) is 0.533. The van der Waals surface area contributed by atoms with E-state index in [0.29, 0.717) is 6.42 Å². The van der Waals surface area contributed by atoms with Crippen LogP contribution in [0.15, 0.2) is 12.2 Å². The lowest BCUT2D eigenvalue weighted by Crippen LogP contribution is -2.47. The quantitative estimate of drug-likeness (QED) is 0.550.